The monoisotopic (exact) mass is 217 g/mol. The highest BCUT2D eigenvalue weighted by atomic mass is 15.1. The predicted octanol–water partition coefficient (Wildman–Crippen LogP) is 4.07. The van der Waals surface area contributed by atoms with E-state index in [0.717, 1.165) is 6.04 Å². The first-order valence-electron chi connectivity index (χ1n) is 6.49. The average Bonchev–Trinajstić information content (AvgIpc) is 2.30. The molecule has 0 heterocycles. The van der Waals surface area contributed by atoms with Crippen molar-refractivity contribution in [1.82, 2.24) is 0 Å². The third-order valence-corrected chi connectivity index (χ3v) is 3.91. The zero-order valence-electron chi connectivity index (χ0n) is 10.8. The van der Waals surface area contributed by atoms with Gasteiger partial charge in [-0.3, -0.25) is 0 Å². The van der Waals surface area contributed by atoms with Gasteiger partial charge >= 0.3 is 0 Å². The van der Waals surface area contributed by atoms with Gasteiger partial charge in [-0.2, -0.15) is 0 Å². The molecule has 1 aromatic rings. The number of hydrogen-bond acceptors (Lipinski definition) is 1. The van der Waals surface area contributed by atoms with Gasteiger partial charge in [-0.25, -0.2) is 0 Å². The van der Waals surface area contributed by atoms with Gasteiger partial charge in [0.25, 0.3) is 0 Å². The van der Waals surface area contributed by atoms with Gasteiger partial charge in [0.05, 0.1) is 0 Å². The van der Waals surface area contributed by atoms with Crippen molar-refractivity contribution >= 4 is 5.69 Å². The van der Waals surface area contributed by atoms with Crippen LogP contribution in [0.15, 0.2) is 18.2 Å². The predicted molar refractivity (Wildman–Crippen MR) is 71.2 cm³/mol. The lowest BCUT2D eigenvalue weighted by molar-refractivity contribution is 0.427. The number of hydrogen-bond donors (Lipinski definition) is 0. The minimum Gasteiger partial charge on any atom is -0.371 e. The standard InChI is InChI=1S/C15H23N/c1-12-8-7-9-13(2)15(12)16(3)14-10-5-4-6-11-14/h7-9,14H,4-6,10-11H2,1-3H3. The van der Waals surface area contributed by atoms with Crippen LogP contribution in [-0.4, -0.2) is 13.1 Å². The van der Waals surface area contributed by atoms with E-state index in [9.17, 15) is 0 Å². The number of benzene rings is 1. The Kier molecular flexibility index (Phi) is 3.52. The third kappa shape index (κ3) is 2.23. The Morgan fingerprint density at radius 3 is 2.12 bits per heavy atom. The zero-order chi connectivity index (χ0) is 11.5. The van der Waals surface area contributed by atoms with Crippen molar-refractivity contribution < 1.29 is 0 Å². The summed E-state index contributed by atoms with van der Waals surface area (Å²) in [6.07, 6.45) is 6.96. The normalized spacial score (nSPS) is 17.4. The van der Waals surface area contributed by atoms with Gasteiger partial charge in [0.15, 0.2) is 0 Å². The molecule has 0 radical (unpaired) electrons. The fourth-order valence-corrected chi connectivity index (χ4v) is 3.01. The zero-order valence-corrected chi connectivity index (χ0v) is 10.8. The molecule has 1 aliphatic carbocycles. The van der Waals surface area contributed by atoms with Crippen LogP contribution in [0.2, 0.25) is 0 Å². The van der Waals surface area contributed by atoms with Crippen LogP contribution >= 0.6 is 0 Å². The maximum absolute atomic E-state index is 2.52. The van der Waals surface area contributed by atoms with E-state index in [1.165, 1.54) is 48.9 Å². The summed E-state index contributed by atoms with van der Waals surface area (Å²) in [5.74, 6) is 0. The van der Waals surface area contributed by atoms with Crippen LogP contribution in [0, 0.1) is 13.8 Å². The van der Waals surface area contributed by atoms with Crippen molar-refractivity contribution in [2.45, 2.75) is 52.0 Å². The highest BCUT2D eigenvalue weighted by Gasteiger charge is 2.20. The van der Waals surface area contributed by atoms with Crippen molar-refractivity contribution in [3.63, 3.8) is 0 Å². The van der Waals surface area contributed by atoms with Crippen LogP contribution in [0.25, 0.3) is 0 Å². The molecule has 1 heteroatoms. The van der Waals surface area contributed by atoms with E-state index in [0.29, 0.717) is 0 Å². The van der Waals surface area contributed by atoms with Crippen LogP contribution in [0.5, 0.6) is 0 Å². The summed E-state index contributed by atoms with van der Waals surface area (Å²) in [6.45, 7) is 4.45. The van der Waals surface area contributed by atoms with Crippen molar-refractivity contribution in [2.75, 3.05) is 11.9 Å². The van der Waals surface area contributed by atoms with Crippen molar-refractivity contribution in [3.05, 3.63) is 29.3 Å². The fourth-order valence-electron chi connectivity index (χ4n) is 3.01. The molecule has 0 N–H and O–H groups in total. The molecule has 2 rings (SSSR count). The van der Waals surface area contributed by atoms with Crippen LogP contribution in [0.4, 0.5) is 5.69 Å². The number of rotatable bonds is 2. The van der Waals surface area contributed by atoms with Gasteiger partial charge in [-0.15, -0.1) is 0 Å². The molecule has 0 bridgehead atoms. The first kappa shape index (κ1) is 11.5. The minimum absolute atomic E-state index is 0.758. The summed E-state index contributed by atoms with van der Waals surface area (Å²) in [7, 11) is 2.27. The quantitative estimate of drug-likeness (QED) is 0.721. The summed E-state index contributed by atoms with van der Waals surface area (Å²) in [5.41, 5.74) is 4.27. The lowest BCUT2D eigenvalue weighted by atomic mass is 9.93. The molecule has 88 valence electrons. The molecule has 0 atom stereocenters. The molecule has 16 heavy (non-hydrogen) atoms. The SMILES string of the molecule is Cc1cccc(C)c1N(C)C1CCCCC1. The van der Waals surface area contributed by atoms with Crippen molar-refractivity contribution in [2.24, 2.45) is 0 Å². The Bertz CT molecular complexity index is 330. The highest BCUT2D eigenvalue weighted by Crippen LogP contribution is 2.30. The number of para-hydroxylation sites is 1. The summed E-state index contributed by atoms with van der Waals surface area (Å²) in [4.78, 5) is 2.52. The van der Waals surface area contributed by atoms with E-state index < -0.39 is 0 Å². The molecular weight excluding hydrogens is 194 g/mol. The second kappa shape index (κ2) is 4.90. The number of nitrogens with zero attached hydrogens (tertiary/aromatic N) is 1. The smallest absolute Gasteiger partial charge is 0.0425 e. The summed E-state index contributed by atoms with van der Waals surface area (Å²) in [6, 6.07) is 7.36. The molecule has 1 aliphatic rings. The van der Waals surface area contributed by atoms with Gasteiger partial charge in [0.2, 0.25) is 0 Å². The molecule has 1 fully saturated rings. The Morgan fingerprint density at radius 1 is 1.00 bits per heavy atom. The largest absolute Gasteiger partial charge is 0.371 e. The Labute approximate surface area is 99.5 Å². The second-order valence-corrected chi connectivity index (χ2v) is 5.14. The van der Waals surface area contributed by atoms with E-state index >= 15 is 0 Å². The molecule has 1 saturated carbocycles. The number of aryl methyl sites for hydroxylation is 2. The molecule has 0 spiro atoms. The second-order valence-electron chi connectivity index (χ2n) is 5.14. The molecular formula is C15H23N. The summed E-state index contributed by atoms with van der Waals surface area (Å²) in [5, 5.41) is 0. The molecule has 0 amide bonds. The fraction of sp³-hybridized carbons (Fsp3) is 0.600. The molecule has 0 aromatic heterocycles. The van der Waals surface area contributed by atoms with E-state index in [1.54, 1.807) is 0 Å². The maximum Gasteiger partial charge on any atom is 0.0425 e. The minimum atomic E-state index is 0.758. The third-order valence-electron chi connectivity index (χ3n) is 3.91. The first-order chi connectivity index (χ1) is 7.70. The van der Waals surface area contributed by atoms with E-state index in [4.69, 9.17) is 0 Å². The molecule has 0 unspecified atom stereocenters. The molecule has 0 saturated heterocycles. The van der Waals surface area contributed by atoms with E-state index in [2.05, 4.69) is 44.0 Å². The Morgan fingerprint density at radius 2 is 1.56 bits per heavy atom. The molecule has 1 aromatic carbocycles. The van der Waals surface area contributed by atoms with E-state index in [-0.39, 0.29) is 0 Å². The highest BCUT2D eigenvalue weighted by molar-refractivity contribution is 5.59. The van der Waals surface area contributed by atoms with E-state index in [1.807, 2.05) is 0 Å². The summed E-state index contributed by atoms with van der Waals surface area (Å²) < 4.78 is 0. The Hall–Kier alpha value is -0.980. The maximum atomic E-state index is 2.52. The topological polar surface area (TPSA) is 3.24 Å². The van der Waals surface area contributed by atoms with Crippen LogP contribution in [0.3, 0.4) is 0 Å². The number of anilines is 1. The Balaban J connectivity index is 2.22. The van der Waals surface area contributed by atoms with Crippen molar-refractivity contribution in [3.8, 4) is 0 Å². The van der Waals surface area contributed by atoms with Gasteiger partial charge < -0.3 is 4.90 Å². The lowest BCUT2D eigenvalue weighted by Crippen LogP contribution is -2.34. The summed E-state index contributed by atoms with van der Waals surface area (Å²) >= 11 is 0. The van der Waals surface area contributed by atoms with Gasteiger partial charge in [0.1, 0.15) is 0 Å². The van der Waals surface area contributed by atoms with Crippen LogP contribution in [-0.2, 0) is 0 Å². The van der Waals surface area contributed by atoms with Gasteiger partial charge in [-0.05, 0) is 37.8 Å². The lowest BCUT2D eigenvalue weighted by Gasteiger charge is -2.35. The van der Waals surface area contributed by atoms with Crippen LogP contribution in [0.1, 0.15) is 43.2 Å². The molecule has 0 aliphatic heterocycles. The van der Waals surface area contributed by atoms with Crippen LogP contribution < -0.4 is 4.90 Å². The first-order valence-corrected chi connectivity index (χ1v) is 6.49. The average molecular weight is 217 g/mol. The molecule has 1 nitrogen and oxygen atoms in total. The van der Waals surface area contributed by atoms with Crippen molar-refractivity contribution in [1.29, 1.82) is 0 Å². The van der Waals surface area contributed by atoms with Gasteiger partial charge in [-0.1, -0.05) is 37.5 Å². The van der Waals surface area contributed by atoms with Gasteiger partial charge in [0, 0.05) is 18.8 Å².